The van der Waals surface area contributed by atoms with E-state index in [-0.39, 0.29) is 42.6 Å². The highest BCUT2D eigenvalue weighted by Gasteiger charge is 2.48. The Labute approximate surface area is 360 Å². The molecule has 0 bridgehead atoms. The van der Waals surface area contributed by atoms with Crippen molar-refractivity contribution in [1.29, 1.82) is 0 Å². The molecule has 3 amide bonds. The van der Waals surface area contributed by atoms with Crippen molar-refractivity contribution in [2.45, 2.75) is 81.7 Å². The summed E-state index contributed by atoms with van der Waals surface area (Å²) < 4.78 is 50.1. The van der Waals surface area contributed by atoms with E-state index in [4.69, 9.17) is 5.10 Å². The Morgan fingerprint density at radius 1 is 1.00 bits per heavy atom. The van der Waals surface area contributed by atoms with Crippen molar-refractivity contribution in [3.63, 3.8) is 0 Å². The van der Waals surface area contributed by atoms with Gasteiger partial charge in [-0.3, -0.25) is 38.6 Å². The molecular weight excluding hydrogens is 816 g/mol. The van der Waals surface area contributed by atoms with Crippen molar-refractivity contribution in [1.82, 2.24) is 44.2 Å². The number of piperidine rings is 3. The van der Waals surface area contributed by atoms with Crippen LogP contribution in [0.4, 0.5) is 30.4 Å². The van der Waals surface area contributed by atoms with Crippen LogP contribution in [0.1, 0.15) is 71.7 Å². The van der Waals surface area contributed by atoms with Gasteiger partial charge >= 0.3 is 5.69 Å². The van der Waals surface area contributed by atoms with Crippen molar-refractivity contribution >= 4 is 51.6 Å². The van der Waals surface area contributed by atoms with Gasteiger partial charge in [-0.2, -0.15) is 0 Å². The summed E-state index contributed by atoms with van der Waals surface area (Å²) in [5, 5.41) is 13.0. The lowest BCUT2D eigenvalue weighted by Gasteiger charge is -2.45. The Balaban J connectivity index is 0.773. The lowest BCUT2D eigenvalue weighted by molar-refractivity contribution is -0.135. The van der Waals surface area contributed by atoms with E-state index in [1.165, 1.54) is 19.8 Å². The van der Waals surface area contributed by atoms with E-state index in [1.807, 2.05) is 46.2 Å². The number of carbonyl (C=O) groups is 3. The zero-order valence-corrected chi connectivity index (χ0v) is 35.0. The molecule has 7 heterocycles. The number of aromatic nitrogens is 5. The fourth-order valence-corrected chi connectivity index (χ4v) is 9.91. The number of amides is 3. The third kappa shape index (κ3) is 7.50. The first kappa shape index (κ1) is 40.9. The Bertz CT molecular complexity index is 2800. The Hall–Kier alpha value is -6.19. The number of aryl methyl sites for hydroxylation is 1. The van der Waals surface area contributed by atoms with Gasteiger partial charge in [-0.25, -0.2) is 27.5 Å². The molecule has 4 atom stereocenters. The van der Waals surface area contributed by atoms with Crippen LogP contribution in [0, 0.1) is 17.8 Å². The molecular formula is C45H48F3N11O4. The second kappa shape index (κ2) is 15.9. The number of hydrogen-bond donors (Lipinski definition) is 3. The molecule has 3 saturated heterocycles. The fourth-order valence-electron chi connectivity index (χ4n) is 9.91. The molecule has 4 fully saturated rings. The number of anilines is 3. The number of imide groups is 1. The Morgan fingerprint density at radius 2 is 1.81 bits per heavy atom. The highest BCUT2D eigenvalue weighted by molar-refractivity contribution is 6.00. The minimum absolute atomic E-state index is 0.0450. The highest BCUT2D eigenvalue weighted by atomic mass is 19.3. The molecule has 0 radical (unpaired) electrons. The van der Waals surface area contributed by atoms with Crippen LogP contribution in [-0.4, -0.2) is 115 Å². The summed E-state index contributed by atoms with van der Waals surface area (Å²) in [5.41, 5.74) is 5.98. The van der Waals surface area contributed by atoms with Crippen LogP contribution in [0.25, 0.3) is 16.7 Å². The molecule has 18 heteroatoms. The number of imidazole rings is 2. The summed E-state index contributed by atoms with van der Waals surface area (Å²) >= 11 is 0. The summed E-state index contributed by atoms with van der Waals surface area (Å²) in [4.78, 5) is 60.7. The van der Waals surface area contributed by atoms with E-state index < -0.39 is 42.0 Å². The molecule has 0 spiro atoms. The predicted molar refractivity (Wildman–Crippen MR) is 229 cm³/mol. The summed E-state index contributed by atoms with van der Waals surface area (Å²) in [7, 11) is 3.41. The lowest BCUT2D eigenvalue weighted by Crippen LogP contribution is -2.59. The topological polar surface area (TPSA) is 154 Å². The third-order valence-electron chi connectivity index (χ3n) is 13.4. The standard InChI is InChI=1S/C45H48F3N11O4/c1-49-32-22-39(53-59-37(23-50-41(32)59)43(62)51-31-21-30(31)46)57-19-14-29-28(4-3-5-33(29)57)24-55-16-15-38(45(47,48)25-55)56-17-12-26(13-18-56)6-7-27-8-9-34-36(20-27)54(2)44(63)58(34)35-10-11-40(60)52-42(35)61/h3-5,8-9,20,22-23,26,30-31,35,38,49H,10-19,21,24-25H2,1-2H3,(H,51,62)(H,52,60,61)/t30-,31+,35?,38?/m0/s1. The van der Waals surface area contributed by atoms with Gasteiger partial charge in [0.1, 0.15) is 12.2 Å². The third-order valence-corrected chi connectivity index (χ3v) is 13.4. The van der Waals surface area contributed by atoms with E-state index in [1.54, 1.807) is 20.2 Å². The maximum absolute atomic E-state index is 16.1. The quantitative estimate of drug-likeness (QED) is 0.155. The average Bonchev–Trinajstić information content (AvgIpc) is 3.55. The van der Waals surface area contributed by atoms with Crippen molar-refractivity contribution in [2.75, 3.05) is 50.0 Å². The maximum atomic E-state index is 16.1. The van der Waals surface area contributed by atoms with Crippen LogP contribution in [0.5, 0.6) is 0 Å². The van der Waals surface area contributed by atoms with Crippen LogP contribution in [0.2, 0.25) is 0 Å². The first-order valence-corrected chi connectivity index (χ1v) is 21.7. The van der Waals surface area contributed by atoms with Crippen LogP contribution in [0.3, 0.4) is 0 Å². The monoisotopic (exact) mass is 863 g/mol. The predicted octanol–water partition coefficient (Wildman–Crippen LogP) is 3.91. The number of nitrogens with zero attached hydrogens (tertiary/aromatic N) is 8. The number of carbonyl (C=O) groups excluding carboxylic acids is 3. The second-order valence-electron chi connectivity index (χ2n) is 17.4. The van der Waals surface area contributed by atoms with Gasteiger partial charge in [0.05, 0.1) is 41.5 Å². The summed E-state index contributed by atoms with van der Waals surface area (Å²) in [6, 6.07) is 11.2. The van der Waals surface area contributed by atoms with E-state index in [0.717, 1.165) is 22.4 Å². The molecule has 2 aromatic carbocycles. The summed E-state index contributed by atoms with van der Waals surface area (Å²) in [5.74, 6) is 3.06. The minimum atomic E-state index is -2.90. The van der Waals surface area contributed by atoms with E-state index >= 15 is 8.78 Å². The van der Waals surface area contributed by atoms with Gasteiger partial charge < -0.3 is 15.5 Å². The second-order valence-corrected chi connectivity index (χ2v) is 17.4. The number of rotatable bonds is 8. The molecule has 1 aliphatic carbocycles. The van der Waals surface area contributed by atoms with Gasteiger partial charge in [0.25, 0.3) is 11.8 Å². The Kier molecular flexibility index (Phi) is 10.3. The molecule has 63 heavy (non-hydrogen) atoms. The molecule has 328 valence electrons. The Morgan fingerprint density at radius 3 is 2.56 bits per heavy atom. The van der Waals surface area contributed by atoms with Gasteiger partial charge in [0.15, 0.2) is 17.2 Å². The number of benzene rings is 2. The molecule has 2 unspecified atom stereocenters. The number of halogens is 3. The summed E-state index contributed by atoms with van der Waals surface area (Å²) in [6.07, 6.45) is 3.52. The van der Waals surface area contributed by atoms with Gasteiger partial charge in [0, 0.05) is 69.8 Å². The van der Waals surface area contributed by atoms with Gasteiger partial charge in [-0.05, 0) is 80.6 Å². The van der Waals surface area contributed by atoms with Gasteiger partial charge in [0.2, 0.25) is 11.8 Å². The highest BCUT2D eigenvalue weighted by Crippen LogP contribution is 2.39. The molecule has 3 aromatic heterocycles. The minimum Gasteiger partial charge on any atom is -0.385 e. The van der Waals surface area contributed by atoms with E-state index in [0.29, 0.717) is 93.0 Å². The smallest absolute Gasteiger partial charge is 0.329 e. The molecule has 5 aliphatic rings. The number of hydrogen-bond acceptors (Lipinski definition) is 10. The number of likely N-dealkylation sites (tertiary alicyclic amines) is 2. The average molecular weight is 864 g/mol. The maximum Gasteiger partial charge on any atom is 0.329 e. The largest absolute Gasteiger partial charge is 0.385 e. The molecule has 5 aromatic rings. The normalized spacial score (nSPS) is 24.0. The molecule has 15 nitrogen and oxygen atoms in total. The van der Waals surface area contributed by atoms with Gasteiger partial charge in [-0.1, -0.05) is 24.0 Å². The molecule has 1 saturated carbocycles. The van der Waals surface area contributed by atoms with E-state index in [2.05, 4.69) is 37.7 Å². The number of fused-ring (bicyclic) bond motifs is 3. The fraction of sp³-hybridized carbons (Fsp3) is 0.467. The molecule has 3 N–H and O–H groups in total. The molecule has 4 aliphatic heterocycles. The number of alkyl halides is 3. The first-order valence-electron chi connectivity index (χ1n) is 21.7. The zero-order chi connectivity index (χ0) is 43.7. The number of nitrogens with one attached hydrogen (secondary N) is 3. The van der Waals surface area contributed by atoms with Crippen LogP contribution in [0.15, 0.2) is 53.5 Å². The van der Waals surface area contributed by atoms with Crippen molar-refractivity contribution in [3.05, 3.63) is 81.5 Å². The zero-order valence-electron chi connectivity index (χ0n) is 35.0. The lowest BCUT2D eigenvalue weighted by atomic mass is 9.91. The first-order chi connectivity index (χ1) is 30.4. The van der Waals surface area contributed by atoms with Crippen molar-refractivity contribution in [2.24, 2.45) is 13.0 Å². The van der Waals surface area contributed by atoms with Crippen LogP contribution < -0.4 is 26.5 Å². The van der Waals surface area contributed by atoms with E-state index in [9.17, 15) is 23.6 Å². The van der Waals surface area contributed by atoms with Gasteiger partial charge in [-0.15, -0.1) is 5.10 Å². The summed E-state index contributed by atoms with van der Waals surface area (Å²) in [6.45, 7) is 2.29. The van der Waals surface area contributed by atoms with Crippen LogP contribution in [-0.2, 0) is 29.6 Å². The van der Waals surface area contributed by atoms with Crippen molar-refractivity contribution < 1.29 is 27.6 Å². The van der Waals surface area contributed by atoms with Crippen molar-refractivity contribution in [3.8, 4) is 11.8 Å². The SMILES string of the molecule is CNc1cc(N2CCc3c(CN4CCC(N5CCC(C#Cc6ccc7c(c6)n(C)c(=O)n7C6CCC(=O)NC6=O)CC5)C(F)(F)C4)cccc32)nn2c(C(=O)N[C@@H]3C[C@@H]3F)cnc12. The van der Waals surface area contributed by atoms with Crippen LogP contribution >= 0.6 is 0 Å². The molecule has 10 rings (SSSR count).